The zero-order valence-electron chi connectivity index (χ0n) is 16.3. The van der Waals surface area contributed by atoms with Crippen molar-refractivity contribution in [1.82, 2.24) is 4.98 Å². The largest absolute Gasteiger partial charge is 0.477 e. The second-order valence-electron chi connectivity index (χ2n) is 8.15. The van der Waals surface area contributed by atoms with Crippen molar-refractivity contribution in [1.29, 1.82) is 5.26 Å². The van der Waals surface area contributed by atoms with Gasteiger partial charge in [0.25, 0.3) is 0 Å². The highest BCUT2D eigenvalue weighted by Gasteiger charge is 2.44. The van der Waals surface area contributed by atoms with E-state index >= 15 is 0 Å². The van der Waals surface area contributed by atoms with Crippen molar-refractivity contribution < 1.29 is 9.90 Å². The van der Waals surface area contributed by atoms with Gasteiger partial charge in [0.05, 0.1) is 22.5 Å². The molecule has 1 spiro atoms. The van der Waals surface area contributed by atoms with Crippen LogP contribution in [0.3, 0.4) is 0 Å². The van der Waals surface area contributed by atoms with Crippen LogP contribution in [0.25, 0.3) is 0 Å². The van der Waals surface area contributed by atoms with Crippen molar-refractivity contribution in [2.75, 3.05) is 29.4 Å². The number of anilines is 2. The van der Waals surface area contributed by atoms with E-state index in [1.54, 1.807) is 18.3 Å². The average molecular weight is 411 g/mol. The topological polar surface area (TPSA) is 80.5 Å². The van der Waals surface area contributed by atoms with E-state index in [-0.39, 0.29) is 11.1 Å². The van der Waals surface area contributed by atoms with Crippen molar-refractivity contribution in [3.05, 3.63) is 52.8 Å². The van der Waals surface area contributed by atoms with Crippen molar-refractivity contribution in [3.63, 3.8) is 0 Å². The third-order valence-corrected chi connectivity index (χ3v) is 6.64. The summed E-state index contributed by atoms with van der Waals surface area (Å²) >= 11 is 6.25. The molecule has 0 amide bonds. The zero-order chi connectivity index (χ0) is 20.6. The predicted molar refractivity (Wildman–Crippen MR) is 113 cm³/mol. The number of nitriles is 1. The summed E-state index contributed by atoms with van der Waals surface area (Å²) in [5.74, 6) is -1.00. The van der Waals surface area contributed by atoms with Gasteiger partial charge >= 0.3 is 5.97 Å². The van der Waals surface area contributed by atoms with E-state index < -0.39 is 5.97 Å². The lowest BCUT2D eigenvalue weighted by Crippen LogP contribution is -2.41. The highest BCUT2D eigenvalue weighted by Crippen LogP contribution is 2.45. The van der Waals surface area contributed by atoms with Crippen LogP contribution in [0.4, 0.5) is 11.4 Å². The molecule has 1 unspecified atom stereocenters. The molecule has 1 aromatic carbocycles. The second kappa shape index (κ2) is 7.57. The molecule has 2 fully saturated rings. The normalized spacial score (nSPS) is 20.7. The van der Waals surface area contributed by atoms with Gasteiger partial charge in [-0.15, -0.1) is 0 Å². The van der Waals surface area contributed by atoms with E-state index in [4.69, 9.17) is 22.0 Å². The smallest absolute Gasteiger partial charge is 0.354 e. The van der Waals surface area contributed by atoms with Crippen LogP contribution in [0.2, 0.25) is 5.02 Å². The number of hydrogen-bond acceptors (Lipinski definition) is 5. The highest BCUT2D eigenvalue weighted by atomic mass is 35.5. The number of carboxylic acid groups (broad SMARTS) is 1. The number of benzene rings is 1. The number of piperidine rings is 1. The summed E-state index contributed by atoms with van der Waals surface area (Å²) < 4.78 is 0. The van der Waals surface area contributed by atoms with E-state index in [1.165, 1.54) is 0 Å². The number of aromatic carboxylic acids is 1. The fraction of sp³-hybridized carbons (Fsp3) is 0.409. The first-order valence-electron chi connectivity index (χ1n) is 9.81. The van der Waals surface area contributed by atoms with Gasteiger partial charge in [-0.25, -0.2) is 9.78 Å². The minimum absolute atomic E-state index is 0.0727. The van der Waals surface area contributed by atoms with Crippen LogP contribution >= 0.6 is 11.6 Å². The number of carbonyl (C=O) groups is 1. The molecule has 29 heavy (non-hydrogen) atoms. The number of hydrogen-bond donors (Lipinski definition) is 1. The Labute approximate surface area is 175 Å². The Morgan fingerprint density at radius 1 is 1.28 bits per heavy atom. The molecule has 7 heteroatoms. The van der Waals surface area contributed by atoms with Crippen LogP contribution in [0, 0.1) is 16.7 Å². The van der Waals surface area contributed by atoms with Gasteiger partial charge < -0.3 is 14.9 Å². The number of halogens is 1. The monoisotopic (exact) mass is 410 g/mol. The summed E-state index contributed by atoms with van der Waals surface area (Å²) in [6.45, 7) is 5.10. The Balaban J connectivity index is 1.44. The molecule has 2 aromatic rings. The Hall–Kier alpha value is -2.78. The number of carboxylic acids is 1. The van der Waals surface area contributed by atoms with Crippen molar-refractivity contribution >= 4 is 28.9 Å². The fourth-order valence-corrected chi connectivity index (χ4v) is 4.96. The molecule has 2 saturated heterocycles. The molecular weight excluding hydrogens is 388 g/mol. The average Bonchev–Trinajstić information content (AvgIpc) is 3.04. The summed E-state index contributed by atoms with van der Waals surface area (Å²) in [5.41, 5.74) is 2.90. The van der Waals surface area contributed by atoms with Gasteiger partial charge in [-0.2, -0.15) is 5.26 Å². The molecule has 150 valence electrons. The van der Waals surface area contributed by atoms with Crippen molar-refractivity contribution in [2.24, 2.45) is 5.41 Å². The molecule has 0 aliphatic carbocycles. The molecular formula is C22H23ClN4O2. The van der Waals surface area contributed by atoms with Gasteiger partial charge in [0, 0.05) is 31.4 Å². The van der Waals surface area contributed by atoms with Gasteiger partial charge in [-0.05, 0) is 61.9 Å². The molecule has 1 N–H and O–H groups in total. The molecule has 0 bridgehead atoms. The van der Waals surface area contributed by atoms with E-state index in [9.17, 15) is 4.79 Å². The highest BCUT2D eigenvalue weighted by molar-refractivity contribution is 6.32. The van der Waals surface area contributed by atoms with E-state index in [2.05, 4.69) is 27.8 Å². The van der Waals surface area contributed by atoms with Gasteiger partial charge in [-0.1, -0.05) is 11.6 Å². The van der Waals surface area contributed by atoms with Crippen LogP contribution in [-0.2, 0) is 0 Å². The Morgan fingerprint density at radius 3 is 2.59 bits per heavy atom. The first kappa shape index (κ1) is 19.5. The van der Waals surface area contributed by atoms with Gasteiger partial charge in [0.15, 0.2) is 0 Å². The second-order valence-corrected chi connectivity index (χ2v) is 8.56. The maximum atomic E-state index is 11.0. The van der Waals surface area contributed by atoms with Gasteiger partial charge in [0.2, 0.25) is 0 Å². The van der Waals surface area contributed by atoms with Gasteiger partial charge in [0.1, 0.15) is 11.8 Å². The third kappa shape index (κ3) is 3.75. The van der Waals surface area contributed by atoms with Gasteiger partial charge in [-0.3, -0.25) is 0 Å². The van der Waals surface area contributed by atoms with Crippen molar-refractivity contribution in [2.45, 2.75) is 32.2 Å². The minimum atomic E-state index is -1.00. The molecule has 3 heterocycles. The number of rotatable bonds is 3. The van der Waals surface area contributed by atoms with Crippen LogP contribution in [0.1, 0.15) is 42.2 Å². The summed E-state index contributed by atoms with van der Waals surface area (Å²) in [4.78, 5) is 19.7. The standard InChI is InChI=1S/C22H23ClN4O2/c1-15-11-22(14-27(15)17-3-2-16(12-24)19(23)10-17)6-8-26(9-7-22)18-4-5-20(21(28)29)25-13-18/h2-5,10,13,15H,6-9,11,14H2,1H3,(H,28,29). The van der Waals surface area contributed by atoms with Crippen LogP contribution in [0.15, 0.2) is 36.5 Å². The summed E-state index contributed by atoms with van der Waals surface area (Å²) in [5, 5.41) is 18.6. The molecule has 2 aliphatic heterocycles. The molecule has 4 rings (SSSR count). The quantitative estimate of drug-likeness (QED) is 0.817. The molecule has 1 atom stereocenters. The number of pyridine rings is 1. The zero-order valence-corrected chi connectivity index (χ0v) is 17.1. The van der Waals surface area contributed by atoms with Crippen LogP contribution in [-0.4, -0.2) is 41.7 Å². The number of aromatic nitrogens is 1. The van der Waals surface area contributed by atoms with Crippen LogP contribution in [0.5, 0.6) is 0 Å². The molecule has 6 nitrogen and oxygen atoms in total. The van der Waals surface area contributed by atoms with E-state index in [0.29, 0.717) is 16.6 Å². The number of nitrogens with zero attached hydrogens (tertiary/aromatic N) is 4. The fourth-order valence-electron chi connectivity index (χ4n) is 4.74. The van der Waals surface area contributed by atoms with Crippen molar-refractivity contribution in [3.8, 4) is 6.07 Å². The first-order chi connectivity index (χ1) is 13.9. The maximum absolute atomic E-state index is 11.0. The third-order valence-electron chi connectivity index (χ3n) is 6.33. The summed E-state index contributed by atoms with van der Waals surface area (Å²) in [6, 6.07) is 11.6. The molecule has 0 saturated carbocycles. The minimum Gasteiger partial charge on any atom is -0.477 e. The predicted octanol–water partition coefficient (Wildman–Crippen LogP) is 4.19. The Kier molecular flexibility index (Phi) is 5.10. The molecule has 0 radical (unpaired) electrons. The summed E-state index contributed by atoms with van der Waals surface area (Å²) in [6.07, 6.45) is 4.95. The summed E-state index contributed by atoms with van der Waals surface area (Å²) in [7, 11) is 0. The van der Waals surface area contributed by atoms with Crippen LogP contribution < -0.4 is 9.80 Å². The Morgan fingerprint density at radius 2 is 2.00 bits per heavy atom. The SMILES string of the molecule is CC1CC2(CCN(c3ccc(C(=O)O)nc3)CC2)CN1c1ccc(C#N)c(Cl)c1. The molecule has 2 aliphatic rings. The first-order valence-corrected chi connectivity index (χ1v) is 10.2. The lowest BCUT2D eigenvalue weighted by Gasteiger charge is -2.40. The maximum Gasteiger partial charge on any atom is 0.354 e. The van der Waals surface area contributed by atoms with E-state index in [0.717, 1.165) is 50.3 Å². The lowest BCUT2D eigenvalue weighted by molar-refractivity contribution is 0.0690. The Bertz CT molecular complexity index is 962. The lowest BCUT2D eigenvalue weighted by atomic mass is 9.76. The molecule has 1 aromatic heterocycles. The van der Waals surface area contributed by atoms with E-state index in [1.807, 2.05) is 18.2 Å².